The van der Waals surface area contributed by atoms with Gasteiger partial charge in [0.2, 0.25) is 5.91 Å². The van der Waals surface area contributed by atoms with E-state index in [-0.39, 0.29) is 11.5 Å². The highest BCUT2D eigenvalue weighted by Crippen LogP contribution is 2.42. The number of nitriles is 1. The van der Waals surface area contributed by atoms with Gasteiger partial charge in [0.15, 0.2) is 23.7 Å². The summed E-state index contributed by atoms with van der Waals surface area (Å²) >= 11 is 1.01. The SMILES string of the molecule is CC(=O)N(C#N)C1C(=O)N2C(C(=O)O)=C(OS(C)(=O)=O)CS[C@@H]12. The molecule has 0 aliphatic carbocycles. The molecule has 23 heavy (non-hydrogen) atoms. The molecule has 2 heterocycles. The van der Waals surface area contributed by atoms with Gasteiger partial charge >= 0.3 is 16.1 Å². The molecule has 2 aliphatic rings. The first-order chi connectivity index (χ1) is 10.6. The van der Waals surface area contributed by atoms with Crippen LogP contribution in [-0.4, -0.2) is 64.5 Å². The van der Waals surface area contributed by atoms with Crippen molar-refractivity contribution < 1.29 is 32.1 Å². The van der Waals surface area contributed by atoms with Gasteiger partial charge in [0, 0.05) is 6.92 Å². The smallest absolute Gasteiger partial charge is 0.356 e. The summed E-state index contributed by atoms with van der Waals surface area (Å²) in [5.74, 6) is -3.47. The number of β-lactam (4-membered cyclic amide) rings is 1. The number of rotatable bonds is 4. The number of carboxylic acid groups (broad SMARTS) is 1. The lowest BCUT2D eigenvalue weighted by molar-refractivity contribution is -0.156. The molecule has 1 N–H and O–H groups in total. The van der Waals surface area contributed by atoms with Crippen LogP contribution in [0.3, 0.4) is 0 Å². The van der Waals surface area contributed by atoms with Crippen molar-refractivity contribution in [2.45, 2.75) is 18.3 Å². The standard InChI is InChI=1S/C11H11N3O7S2/c1-5(15)13(4-12)8-9(16)14-7(11(17)18)6(3-22-10(8)14)21-23(2,19)20/h8,10H,3H2,1-2H3,(H,17,18)/t8?,10-/m0/s1. The average molecular weight is 361 g/mol. The zero-order valence-corrected chi connectivity index (χ0v) is 13.5. The molecular weight excluding hydrogens is 350 g/mol. The summed E-state index contributed by atoms with van der Waals surface area (Å²) < 4.78 is 27.0. The summed E-state index contributed by atoms with van der Waals surface area (Å²) in [7, 11) is -3.96. The summed E-state index contributed by atoms with van der Waals surface area (Å²) in [6.07, 6.45) is 2.35. The summed E-state index contributed by atoms with van der Waals surface area (Å²) in [4.78, 5) is 36.5. The lowest BCUT2D eigenvalue weighted by atomic mass is 10.0. The second-order valence-corrected chi connectivity index (χ2v) is 7.39. The van der Waals surface area contributed by atoms with E-state index in [1.54, 1.807) is 6.19 Å². The van der Waals surface area contributed by atoms with Gasteiger partial charge in [-0.25, -0.2) is 9.69 Å². The maximum Gasteiger partial charge on any atom is 0.356 e. The Labute approximate surface area is 135 Å². The topological polar surface area (TPSA) is 145 Å². The van der Waals surface area contributed by atoms with Crippen LogP contribution in [0.1, 0.15) is 6.92 Å². The molecule has 0 aromatic carbocycles. The van der Waals surface area contributed by atoms with E-state index in [0.29, 0.717) is 4.90 Å². The minimum atomic E-state index is -3.96. The third-order valence-electron chi connectivity index (χ3n) is 3.08. The van der Waals surface area contributed by atoms with Crippen LogP contribution in [0.4, 0.5) is 0 Å². The normalized spacial score (nSPS) is 23.5. The van der Waals surface area contributed by atoms with Gasteiger partial charge in [0.25, 0.3) is 5.91 Å². The largest absolute Gasteiger partial charge is 0.476 e. The molecule has 1 unspecified atom stereocenters. The zero-order valence-electron chi connectivity index (χ0n) is 11.9. The van der Waals surface area contributed by atoms with E-state index in [1.807, 2.05) is 0 Å². The summed E-state index contributed by atoms with van der Waals surface area (Å²) in [6, 6.07) is -1.11. The summed E-state index contributed by atoms with van der Waals surface area (Å²) in [5, 5.41) is 17.4. The van der Waals surface area contributed by atoms with E-state index in [9.17, 15) is 27.9 Å². The first-order valence-corrected chi connectivity index (χ1v) is 8.95. The second kappa shape index (κ2) is 5.74. The van der Waals surface area contributed by atoms with Crippen LogP contribution in [-0.2, 0) is 28.7 Å². The predicted octanol–water partition coefficient (Wildman–Crippen LogP) is -1.13. The molecule has 2 atom stereocenters. The van der Waals surface area contributed by atoms with Crippen LogP contribution in [0, 0.1) is 11.5 Å². The van der Waals surface area contributed by atoms with E-state index in [2.05, 4.69) is 4.18 Å². The van der Waals surface area contributed by atoms with E-state index in [1.165, 1.54) is 0 Å². The van der Waals surface area contributed by atoms with Crippen molar-refractivity contribution in [1.82, 2.24) is 9.80 Å². The van der Waals surface area contributed by atoms with Gasteiger partial charge in [-0.1, -0.05) is 0 Å². The van der Waals surface area contributed by atoms with E-state index in [0.717, 1.165) is 29.8 Å². The number of thioether (sulfide) groups is 1. The molecule has 2 aliphatic heterocycles. The fraction of sp³-hybridized carbons (Fsp3) is 0.455. The summed E-state index contributed by atoms with van der Waals surface area (Å²) in [6.45, 7) is 1.11. The van der Waals surface area contributed by atoms with Crippen LogP contribution in [0.2, 0.25) is 0 Å². The van der Waals surface area contributed by atoms with Crippen molar-refractivity contribution >= 4 is 39.7 Å². The lowest BCUT2D eigenvalue weighted by Crippen LogP contribution is -2.70. The number of carbonyl (C=O) groups excluding carboxylic acids is 2. The minimum absolute atomic E-state index is 0.128. The number of fused-ring (bicyclic) bond motifs is 1. The summed E-state index contributed by atoms with van der Waals surface area (Å²) in [5.41, 5.74) is -0.595. The van der Waals surface area contributed by atoms with Gasteiger partial charge in [0.1, 0.15) is 5.37 Å². The molecule has 12 heteroatoms. The molecular formula is C11H11N3O7S2. The molecule has 0 saturated carbocycles. The van der Waals surface area contributed by atoms with Crippen LogP contribution in [0.25, 0.3) is 0 Å². The van der Waals surface area contributed by atoms with Crippen LogP contribution >= 0.6 is 11.8 Å². The highest BCUT2D eigenvalue weighted by Gasteiger charge is 2.57. The predicted molar refractivity (Wildman–Crippen MR) is 75.6 cm³/mol. The molecule has 0 spiro atoms. The lowest BCUT2D eigenvalue weighted by Gasteiger charge is -2.50. The monoisotopic (exact) mass is 361 g/mol. The van der Waals surface area contributed by atoms with Crippen LogP contribution in [0.15, 0.2) is 11.5 Å². The van der Waals surface area contributed by atoms with Crippen molar-refractivity contribution in [3.63, 3.8) is 0 Å². The van der Waals surface area contributed by atoms with Gasteiger partial charge in [-0.3, -0.25) is 14.5 Å². The number of carbonyl (C=O) groups is 3. The Morgan fingerprint density at radius 1 is 1.52 bits per heavy atom. The first-order valence-electron chi connectivity index (χ1n) is 6.08. The Bertz CT molecular complexity index is 767. The third-order valence-corrected chi connectivity index (χ3v) is 4.83. The third kappa shape index (κ3) is 2.97. The van der Waals surface area contributed by atoms with Gasteiger partial charge in [-0.15, -0.1) is 11.8 Å². The van der Waals surface area contributed by atoms with Crippen molar-refractivity contribution in [1.29, 1.82) is 5.26 Å². The highest BCUT2D eigenvalue weighted by molar-refractivity contribution is 8.00. The van der Waals surface area contributed by atoms with Crippen molar-refractivity contribution in [3.8, 4) is 6.19 Å². The average Bonchev–Trinajstić information content (AvgIpc) is 2.41. The van der Waals surface area contributed by atoms with Crippen LogP contribution < -0.4 is 0 Å². The molecule has 2 rings (SSSR count). The second-order valence-electron chi connectivity index (χ2n) is 4.71. The number of carboxylic acids is 1. The molecule has 2 amide bonds. The van der Waals surface area contributed by atoms with E-state index < -0.39 is 45.0 Å². The molecule has 1 saturated heterocycles. The number of nitrogens with zero attached hydrogens (tertiary/aromatic N) is 3. The molecule has 0 aromatic rings. The highest BCUT2D eigenvalue weighted by atomic mass is 32.2. The molecule has 0 radical (unpaired) electrons. The number of amides is 2. The Morgan fingerprint density at radius 2 is 2.13 bits per heavy atom. The zero-order chi connectivity index (χ0) is 17.5. The fourth-order valence-corrected chi connectivity index (χ4v) is 4.13. The van der Waals surface area contributed by atoms with Gasteiger partial charge in [0.05, 0.1) is 12.0 Å². The Kier molecular flexibility index (Phi) is 4.27. The number of hydrogen-bond donors (Lipinski definition) is 1. The van der Waals surface area contributed by atoms with Crippen LogP contribution in [0.5, 0.6) is 0 Å². The van der Waals surface area contributed by atoms with Gasteiger partial charge in [-0.05, 0) is 0 Å². The Morgan fingerprint density at radius 3 is 2.57 bits per heavy atom. The van der Waals surface area contributed by atoms with Crippen molar-refractivity contribution in [2.75, 3.05) is 12.0 Å². The van der Waals surface area contributed by atoms with Crippen molar-refractivity contribution in [3.05, 3.63) is 11.5 Å². The Balaban J connectivity index is 2.40. The molecule has 1 fully saturated rings. The Hall–Kier alpha value is -2.26. The maximum absolute atomic E-state index is 12.2. The van der Waals surface area contributed by atoms with E-state index >= 15 is 0 Å². The van der Waals surface area contributed by atoms with E-state index in [4.69, 9.17) is 5.26 Å². The fourth-order valence-electron chi connectivity index (χ4n) is 2.25. The minimum Gasteiger partial charge on any atom is -0.476 e. The quantitative estimate of drug-likeness (QED) is 0.284. The first kappa shape index (κ1) is 17.1. The molecule has 124 valence electrons. The molecule has 10 nitrogen and oxygen atoms in total. The van der Waals surface area contributed by atoms with Gasteiger partial charge in [-0.2, -0.15) is 13.7 Å². The molecule has 0 aromatic heterocycles. The molecule has 0 bridgehead atoms. The van der Waals surface area contributed by atoms with Crippen molar-refractivity contribution in [2.24, 2.45) is 0 Å². The number of aliphatic carboxylic acids is 1. The van der Waals surface area contributed by atoms with Gasteiger partial charge < -0.3 is 9.29 Å². The number of hydrogen-bond acceptors (Lipinski definition) is 8. The maximum atomic E-state index is 12.2.